The number of likely N-dealkylation sites (N-methyl/N-ethyl adjacent to an activating group) is 1. The Morgan fingerprint density at radius 2 is 1.83 bits per heavy atom. The van der Waals surface area contributed by atoms with Crippen LogP contribution in [0.2, 0.25) is 0 Å². The number of carboxylic acid groups (broad SMARTS) is 1. The fourth-order valence-corrected chi connectivity index (χ4v) is 4.26. The molecular weight excluding hydrogens is 306 g/mol. The molecule has 2 fully saturated rings. The summed E-state index contributed by atoms with van der Waals surface area (Å²) >= 11 is 0. The molecular formula is C18H33N3O3. The Bertz CT molecular complexity index is 427. The van der Waals surface area contributed by atoms with E-state index in [2.05, 4.69) is 12.2 Å². The first kappa shape index (κ1) is 19.0. The van der Waals surface area contributed by atoms with Gasteiger partial charge in [-0.3, -0.25) is 9.69 Å². The van der Waals surface area contributed by atoms with Crippen LogP contribution >= 0.6 is 0 Å². The number of amides is 2. The molecule has 2 amide bonds. The Balaban J connectivity index is 1.77. The first-order valence-electron chi connectivity index (χ1n) is 9.48. The summed E-state index contributed by atoms with van der Waals surface area (Å²) in [5.74, 6) is -0.779. The SMILES string of the molecule is CCN(CC(=O)O)C1CCN(C(=O)NCC2(CC)CCCC2)CC1. The van der Waals surface area contributed by atoms with Crippen molar-refractivity contribution in [2.24, 2.45) is 5.41 Å². The van der Waals surface area contributed by atoms with Crippen molar-refractivity contribution >= 4 is 12.0 Å². The predicted octanol–water partition coefficient (Wildman–Crippen LogP) is 2.54. The van der Waals surface area contributed by atoms with Crippen molar-refractivity contribution in [2.75, 3.05) is 32.7 Å². The highest BCUT2D eigenvalue weighted by Gasteiger charge is 2.33. The van der Waals surface area contributed by atoms with Crippen molar-refractivity contribution < 1.29 is 14.7 Å². The van der Waals surface area contributed by atoms with Gasteiger partial charge in [0.1, 0.15) is 0 Å². The summed E-state index contributed by atoms with van der Waals surface area (Å²) in [6.07, 6.45) is 7.87. The third-order valence-corrected chi connectivity index (χ3v) is 6.04. The third kappa shape index (κ3) is 4.85. The summed E-state index contributed by atoms with van der Waals surface area (Å²) in [5, 5.41) is 12.1. The zero-order valence-corrected chi connectivity index (χ0v) is 15.2. The number of carbonyl (C=O) groups is 2. The van der Waals surface area contributed by atoms with E-state index in [-0.39, 0.29) is 18.6 Å². The van der Waals surface area contributed by atoms with Crippen LogP contribution < -0.4 is 5.32 Å². The van der Waals surface area contributed by atoms with Gasteiger partial charge in [-0.15, -0.1) is 0 Å². The molecule has 2 N–H and O–H groups in total. The van der Waals surface area contributed by atoms with Crippen LogP contribution in [0.4, 0.5) is 4.79 Å². The summed E-state index contributed by atoms with van der Waals surface area (Å²) in [6.45, 7) is 7.27. The Kier molecular flexibility index (Phi) is 6.90. The standard InChI is InChI=1S/C18H33N3O3/c1-3-18(9-5-6-10-18)14-19-17(24)21-11-7-15(8-12-21)20(4-2)13-16(22)23/h15H,3-14H2,1-2H3,(H,19,24)(H,22,23). The van der Waals surface area contributed by atoms with Crippen LogP contribution in [0.25, 0.3) is 0 Å². The molecule has 1 saturated carbocycles. The molecule has 2 aliphatic rings. The first-order chi connectivity index (χ1) is 11.5. The molecule has 6 nitrogen and oxygen atoms in total. The van der Waals surface area contributed by atoms with Gasteiger partial charge in [0, 0.05) is 25.7 Å². The van der Waals surface area contributed by atoms with Crippen LogP contribution in [0.3, 0.4) is 0 Å². The number of carbonyl (C=O) groups excluding carboxylic acids is 1. The molecule has 2 rings (SSSR count). The number of nitrogens with zero attached hydrogens (tertiary/aromatic N) is 2. The quantitative estimate of drug-likeness (QED) is 0.747. The Morgan fingerprint density at radius 1 is 1.21 bits per heavy atom. The van der Waals surface area contributed by atoms with Gasteiger partial charge in [0.15, 0.2) is 0 Å². The van der Waals surface area contributed by atoms with Gasteiger partial charge < -0.3 is 15.3 Å². The van der Waals surface area contributed by atoms with Gasteiger partial charge in [0.05, 0.1) is 6.54 Å². The van der Waals surface area contributed by atoms with E-state index in [1.54, 1.807) is 0 Å². The molecule has 0 bridgehead atoms. The van der Waals surface area contributed by atoms with Crippen LogP contribution in [0.1, 0.15) is 58.8 Å². The molecule has 0 aromatic rings. The lowest BCUT2D eigenvalue weighted by Crippen LogP contribution is -2.51. The zero-order chi connectivity index (χ0) is 17.6. The van der Waals surface area contributed by atoms with Crippen molar-refractivity contribution in [1.82, 2.24) is 15.1 Å². The van der Waals surface area contributed by atoms with E-state index in [9.17, 15) is 9.59 Å². The fraction of sp³-hybridized carbons (Fsp3) is 0.889. The van der Waals surface area contributed by atoms with Crippen LogP contribution in [0.5, 0.6) is 0 Å². The second kappa shape index (κ2) is 8.70. The smallest absolute Gasteiger partial charge is 0.317 e. The number of nitrogens with one attached hydrogen (secondary N) is 1. The highest BCUT2D eigenvalue weighted by molar-refractivity contribution is 5.74. The number of carboxylic acids is 1. The maximum absolute atomic E-state index is 12.4. The largest absolute Gasteiger partial charge is 0.480 e. The van der Waals surface area contributed by atoms with Gasteiger partial charge in [0.25, 0.3) is 0 Å². The molecule has 0 aromatic heterocycles. The van der Waals surface area contributed by atoms with Crippen LogP contribution in [0.15, 0.2) is 0 Å². The molecule has 24 heavy (non-hydrogen) atoms. The summed E-state index contributed by atoms with van der Waals surface area (Å²) < 4.78 is 0. The van der Waals surface area contributed by atoms with Gasteiger partial charge >= 0.3 is 12.0 Å². The molecule has 0 aromatic carbocycles. The number of hydrogen-bond acceptors (Lipinski definition) is 3. The van der Waals surface area contributed by atoms with Crippen molar-refractivity contribution in [3.63, 3.8) is 0 Å². The minimum Gasteiger partial charge on any atom is -0.480 e. The monoisotopic (exact) mass is 339 g/mol. The van der Waals surface area contributed by atoms with E-state index < -0.39 is 5.97 Å². The molecule has 138 valence electrons. The number of piperidine rings is 1. The Labute approximate surface area is 145 Å². The normalized spacial score (nSPS) is 21.2. The van der Waals surface area contributed by atoms with Crippen LogP contribution in [0, 0.1) is 5.41 Å². The highest BCUT2D eigenvalue weighted by atomic mass is 16.4. The van der Waals surface area contributed by atoms with E-state index in [1.165, 1.54) is 25.7 Å². The summed E-state index contributed by atoms with van der Waals surface area (Å²) in [5.41, 5.74) is 0.314. The topological polar surface area (TPSA) is 72.9 Å². The molecule has 0 radical (unpaired) electrons. The number of likely N-dealkylation sites (tertiary alicyclic amines) is 1. The summed E-state index contributed by atoms with van der Waals surface area (Å²) in [7, 11) is 0. The van der Waals surface area contributed by atoms with Crippen LogP contribution in [-0.2, 0) is 4.79 Å². The Hall–Kier alpha value is -1.30. The van der Waals surface area contributed by atoms with Crippen LogP contribution in [-0.4, -0.2) is 65.7 Å². The molecule has 6 heteroatoms. The number of aliphatic carboxylic acids is 1. The minimum absolute atomic E-state index is 0.0504. The number of hydrogen-bond donors (Lipinski definition) is 2. The fourth-order valence-electron chi connectivity index (χ4n) is 4.26. The maximum Gasteiger partial charge on any atom is 0.317 e. The third-order valence-electron chi connectivity index (χ3n) is 6.04. The van der Waals surface area contributed by atoms with Gasteiger partial charge in [-0.1, -0.05) is 26.7 Å². The van der Waals surface area contributed by atoms with Crippen molar-refractivity contribution in [1.29, 1.82) is 0 Å². The molecule has 1 saturated heterocycles. The lowest BCUT2D eigenvalue weighted by molar-refractivity contribution is -0.139. The summed E-state index contributed by atoms with van der Waals surface area (Å²) in [6, 6.07) is 0.321. The first-order valence-corrected chi connectivity index (χ1v) is 9.48. The molecule has 1 heterocycles. The van der Waals surface area contributed by atoms with Gasteiger partial charge in [-0.25, -0.2) is 4.79 Å². The molecule has 0 spiro atoms. The lowest BCUT2D eigenvalue weighted by atomic mass is 9.83. The van der Waals surface area contributed by atoms with E-state index in [0.717, 1.165) is 32.4 Å². The van der Waals surface area contributed by atoms with Crippen molar-refractivity contribution in [3.05, 3.63) is 0 Å². The molecule has 1 aliphatic carbocycles. The van der Waals surface area contributed by atoms with E-state index >= 15 is 0 Å². The zero-order valence-electron chi connectivity index (χ0n) is 15.2. The lowest BCUT2D eigenvalue weighted by Gasteiger charge is -2.38. The van der Waals surface area contributed by atoms with Crippen molar-refractivity contribution in [3.8, 4) is 0 Å². The summed E-state index contributed by atoms with van der Waals surface area (Å²) in [4.78, 5) is 27.3. The second-order valence-corrected chi connectivity index (χ2v) is 7.39. The average molecular weight is 339 g/mol. The molecule has 1 aliphatic heterocycles. The van der Waals surface area contributed by atoms with Gasteiger partial charge in [0.2, 0.25) is 0 Å². The molecule has 0 unspecified atom stereocenters. The predicted molar refractivity (Wildman–Crippen MR) is 94.1 cm³/mol. The average Bonchev–Trinajstić information content (AvgIpc) is 3.07. The van der Waals surface area contributed by atoms with Gasteiger partial charge in [-0.05, 0) is 44.1 Å². The minimum atomic E-state index is -0.779. The number of rotatable bonds is 7. The molecule has 0 atom stereocenters. The van der Waals surface area contributed by atoms with Crippen molar-refractivity contribution in [2.45, 2.75) is 64.8 Å². The van der Waals surface area contributed by atoms with E-state index in [0.29, 0.717) is 18.5 Å². The number of urea groups is 1. The second-order valence-electron chi connectivity index (χ2n) is 7.39. The van der Waals surface area contributed by atoms with Gasteiger partial charge in [-0.2, -0.15) is 0 Å². The van der Waals surface area contributed by atoms with E-state index in [1.807, 2.05) is 16.7 Å². The maximum atomic E-state index is 12.4. The van der Waals surface area contributed by atoms with E-state index in [4.69, 9.17) is 5.11 Å². The Morgan fingerprint density at radius 3 is 2.33 bits per heavy atom. The highest BCUT2D eigenvalue weighted by Crippen LogP contribution is 2.40.